The summed E-state index contributed by atoms with van der Waals surface area (Å²) in [6, 6.07) is 18.8. The van der Waals surface area contributed by atoms with Crippen molar-refractivity contribution in [1.29, 1.82) is 0 Å². The van der Waals surface area contributed by atoms with Crippen LogP contribution in [0.4, 0.5) is 17.2 Å². The van der Waals surface area contributed by atoms with Gasteiger partial charge in [-0.3, -0.25) is 24.6 Å². The summed E-state index contributed by atoms with van der Waals surface area (Å²) < 4.78 is 12.4. The summed E-state index contributed by atoms with van der Waals surface area (Å²) in [6.07, 6.45) is 1.37. The number of hydrogen-bond acceptors (Lipinski definition) is 12. The number of imide groups is 1. The van der Waals surface area contributed by atoms with E-state index < -0.39 is 11.9 Å². The second-order valence-electron chi connectivity index (χ2n) is 14.7. The lowest BCUT2D eigenvalue weighted by Gasteiger charge is -2.36. The summed E-state index contributed by atoms with van der Waals surface area (Å²) in [4.78, 5) is 46.0. The van der Waals surface area contributed by atoms with Gasteiger partial charge in [-0.15, -0.1) is 10.2 Å². The number of nitrogens with zero attached hydrogens (tertiary/aromatic N) is 6. The lowest BCUT2D eigenvalue weighted by atomic mass is 10.0. The Bertz CT molecular complexity index is 2190. The second-order valence-corrected chi connectivity index (χ2v) is 15.1. The average molecular weight is 765 g/mol. The van der Waals surface area contributed by atoms with Crippen LogP contribution in [-0.2, 0) is 22.7 Å². The van der Waals surface area contributed by atoms with Crippen molar-refractivity contribution < 1.29 is 29.0 Å². The molecule has 1 aromatic heterocycles. The van der Waals surface area contributed by atoms with Crippen molar-refractivity contribution in [3.05, 3.63) is 82.4 Å². The number of anilines is 3. The van der Waals surface area contributed by atoms with Crippen LogP contribution in [0.5, 0.6) is 17.2 Å². The van der Waals surface area contributed by atoms with Gasteiger partial charge in [0.1, 0.15) is 29.4 Å². The quantitative estimate of drug-likeness (QED) is 0.222. The van der Waals surface area contributed by atoms with Crippen molar-refractivity contribution in [3.63, 3.8) is 0 Å². The number of aromatic hydroxyl groups is 1. The Morgan fingerprint density at radius 3 is 2.64 bits per heavy atom. The summed E-state index contributed by atoms with van der Waals surface area (Å²) in [5.41, 5.74) is 5.61. The zero-order valence-electron chi connectivity index (χ0n) is 30.3. The van der Waals surface area contributed by atoms with Crippen LogP contribution < -0.4 is 29.9 Å². The number of nitrogens with one attached hydrogen (secondary N) is 2. The van der Waals surface area contributed by atoms with E-state index in [4.69, 9.17) is 21.1 Å². The molecule has 3 saturated heterocycles. The Morgan fingerprint density at radius 2 is 1.82 bits per heavy atom. The van der Waals surface area contributed by atoms with Crippen molar-refractivity contribution in [2.75, 3.05) is 61.5 Å². The van der Waals surface area contributed by atoms with E-state index in [-0.39, 0.29) is 41.2 Å². The van der Waals surface area contributed by atoms with Crippen molar-refractivity contribution >= 4 is 46.5 Å². The fraction of sp³-hybridized carbons (Fsp3) is 0.375. The molecule has 0 radical (unpaired) electrons. The zero-order chi connectivity index (χ0) is 37.8. The highest BCUT2D eigenvalue weighted by molar-refractivity contribution is 6.32. The van der Waals surface area contributed by atoms with Gasteiger partial charge in [-0.25, -0.2) is 0 Å². The number of amides is 3. The van der Waals surface area contributed by atoms with Crippen molar-refractivity contribution in [1.82, 2.24) is 25.3 Å². The molecule has 14 nitrogen and oxygen atoms in total. The number of phenols is 1. The number of para-hydroxylation sites is 1. The summed E-state index contributed by atoms with van der Waals surface area (Å²) in [5.74, 6) is 1.38. The number of piperazine rings is 1. The molecule has 4 aromatic rings. The minimum atomic E-state index is -0.619. The predicted octanol–water partition coefficient (Wildman–Crippen LogP) is 4.05. The van der Waals surface area contributed by atoms with E-state index in [2.05, 4.69) is 47.7 Å². The number of piperidine rings is 1. The molecule has 3 atom stereocenters. The van der Waals surface area contributed by atoms with E-state index in [1.54, 1.807) is 30.2 Å². The Balaban J connectivity index is 0.811. The number of hydrogen-bond donors (Lipinski definition) is 3. The first-order valence-electron chi connectivity index (χ1n) is 18.7. The monoisotopic (exact) mass is 764 g/mol. The highest BCUT2D eigenvalue weighted by Gasteiger charge is 2.40. The number of aromatic nitrogens is 2. The molecule has 284 valence electrons. The summed E-state index contributed by atoms with van der Waals surface area (Å²) >= 11 is 6.17. The number of rotatable bonds is 8. The SMILES string of the molecule is COc1cc(O[C@@H]2C[C@@H]3CNc4nnc(-c5cccc(Cl)c5O)cc4N3C2)ccc1CN1CCN(c2ccc3c(c2)C(=O)N(C2CCC(=O)NC2=O)C3)CC1. The topological polar surface area (TPSA) is 153 Å². The Hall–Kier alpha value is -5.60. The molecule has 3 aromatic carbocycles. The highest BCUT2D eigenvalue weighted by Crippen LogP contribution is 2.41. The third-order valence-corrected chi connectivity index (χ3v) is 11.7. The first-order valence-corrected chi connectivity index (χ1v) is 19.0. The molecular weight excluding hydrogens is 724 g/mol. The predicted molar refractivity (Wildman–Crippen MR) is 206 cm³/mol. The van der Waals surface area contributed by atoms with Gasteiger partial charge in [-0.1, -0.05) is 29.8 Å². The lowest BCUT2D eigenvalue weighted by Crippen LogP contribution is -2.52. The Morgan fingerprint density at radius 1 is 0.964 bits per heavy atom. The van der Waals surface area contributed by atoms with E-state index in [9.17, 15) is 19.5 Å². The first-order chi connectivity index (χ1) is 26.7. The van der Waals surface area contributed by atoms with Crippen LogP contribution in [0.3, 0.4) is 0 Å². The third kappa shape index (κ3) is 6.63. The lowest BCUT2D eigenvalue weighted by molar-refractivity contribution is -0.136. The highest BCUT2D eigenvalue weighted by atomic mass is 35.5. The molecule has 9 rings (SSSR count). The second kappa shape index (κ2) is 14.2. The van der Waals surface area contributed by atoms with Gasteiger partial charge in [0.15, 0.2) is 5.82 Å². The molecule has 15 heteroatoms. The van der Waals surface area contributed by atoms with E-state index in [0.29, 0.717) is 42.1 Å². The van der Waals surface area contributed by atoms with Crippen LogP contribution >= 0.6 is 11.6 Å². The molecule has 6 heterocycles. The number of carbonyl (C=O) groups is 3. The van der Waals surface area contributed by atoms with E-state index >= 15 is 0 Å². The molecule has 3 N–H and O–H groups in total. The summed E-state index contributed by atoms with van der Waals surface area (Å²) in [5, 5.41) is 25.3. The largest absolute Gasteiger partial charge is 0.506 e. The number of carbonyl (C=O) groups excluding carboxylic acids is 3. The maximum atomic E-state index is 13.4. The molecule has 0 spiro atoms. The summed E-state index contributed by atoms with van der Waals surface area (Å²) in [7, 11) is 1.69. The van der Waals surface area contributed by atoms with Crippen LogP contribution in [-0.4, -0.2) is 107 Å². The van der Waals surface area contributed by atoms with Gasteiger partial charge in [0.25, 0.3) is 5.91 Å². The van der Waals surface area contributed by atoms with E-state index in [0.717, 1.165) is 79.7 Å². The standard InChI is InChI=1S/C40H41ClN8O6/c1-54-35-17-27(55-28-15-26-19-42-38-34(48(26)22-28)18-32(44-45-38)29-3-2-4-31(41)37(29)51)8-6-24(35)20-46-11-13-47(14-12-46)25-7-5-23-21-49(40(53)30(23)16-25)33-9-10-36(50)43-39(33)52/h2-8,16-18,26,28,33,51H,9-15,19-22H2,1H3,(H,42,45)(H,43,50,52)/t26-,28-,33?/m1/s1. The number of halogens is 1. The van der Waals surface area contributed by atoms with Crippen molar-refractivity contribution in [2.24, 2.45) is 0 Å². The molecule has 5 aliphatic heterocycles. The normalized spacial score (nSPS) is 22.2. The minimum Gasteiger partial charge on any atom is -0.506 e. The zero-order valence-corrected chi connectivity index (χ0v) is 31.1. The summed E-state index contributed by atoms with van der Waals surface area (Å²) in [6.45, 7) is 5.80. The number of phenolic OH excluding ortho intramolecular Hbond substituents is 1. The smallest absolute Gasteiger partial charge is 0.255 e. The van der Waals surface area contributed by atoms with Gasteiger partial charge >= 0.3 is 0 Å². The van der Waals surface area contributed by atoms with Crippen LogP contribution in [0.2, 0.25) is 5.02 Å². The minimum absolute atomic E-state index is 0.0162. The molecule has 55 heavy (non-hydrogen) atoms. The van der Waals surface area contributed by atoms with Crippen LogP contribution in [0, 0.1) is 0 Å². The molecule has 5 aliphatic rings. The van der Waals surface area contributed by atoms with Gasteiger partial charge < -0.3 is 34.6 Å². The molecule has 3 amide bonds. The molecule has 0 bridgehead atoms. The molecular formula is C40H41ClN8O6. The number of fused-ring (bicyclic) bond motifs is 4. The molecule has 3 fully saturated rings. The maximum Gasteiger partial charge on any atom is 0.255 e. The fourth-order valence-electron chi connectivity index (χ4n) is 8.51. The van der Waals surface area contributed by atoms with Crippen LogP contribution in [0.15, 0.2) is 60.7 Å². The average Bonchev–Trinajstić information content (AvgIpc) is 3.76. The van der Waals surface area contributed by atoms with Gasteiger partial charge in [-0.2, -0.15) is 0 Å². The van der Waals surface area contributed by atoms with Crippen molar-refractivity contribution in [2.45, 2.75) is 50.5 Å². The maximum absolute atomic E-state index is 13.4. The first kappa shape index (κ1) is 35.1. The molecule has 1 unspecified atom stereocenters. The number of methoxy groups -OCH3 is 1. The molecule has 0 aliphatic carbocycles. The Kier molecular flexibility index (Phi) is 9.09. The van der Waals surface area contributed by atoms with Gasteiger partial charge in [-0.05, 0) is 48.4 Å². The van der Waals surface area contributed by atoms with Crippen molar-refractivity contribution in [3.8, 4) is 28.5 Å². The van der Waals surface area contributed by atoms with Crippen LogP contribution in [0.25, 0.3) is 11.3 Å². The van der Waals surface area contributed by atoms with E-state index in [1.807, 2.05) is 30.3 Å². The number of benzene rings is 3. The Labute approximate surface area is 322 Å². The number of ether oxygens (including phenoxy) is 2. The van der Waals surface area contributed by atoms with Crippen LogP contribution in [0.1, 0.15) is 40.7 Å². The van der Waals surface area contributed by atoms with Gasteiger partial charge in [0.05, 0.1) is 36.1 Å². The van der Waals surface area contributed by atoms with Gasteiger partial charge in [0, 0.05) is 87.1 Å². The van der Waals surface area contributed by atoms with Gasteiger partial charge in [0.2, 0.25) is 11.8 Å². The fourth-order valence-corrected chi connectivity index (χ4v) is 8.68. The third-order valence-electron chi connectivity index (χ3n) is 11.4. The van der Waals surface area contributed by atoms with E-state index in [1.165, 1.54) is 0 Å². The molecule has 0 saturated carbocycles.